The van der Waals surface area contributed by atoms with Gasteiger partial charge in [-0.2, -0.15) is 0 Å². The highest BCUT2D eigenvalue weighted by molar-refractivity contribution is 9.10. The maximum absolute atomic E-state index is 5.95. The number of hydrogen-bond acceptors (Lipinski definition) is 3. The Morgan fingerprint density at radius 3 is 2.67 bits per heavy atom. The quantitative estimate of drug-likeness (QED) is 0.840. The molecule has 2 aromatic rings. The number of benzene rings is 2. The fourth-order valence-corrected chi connectivity index (χ4v) is 2.02. The topological polar surface area (TPSA) is 47.3 Å². The van der Waals surface area contributed by atoms with Crippen LogP contribution in [0, 0.1) is 6.92 Å². The average molecular weight is 307 g/mol. The van der Waals surface area contributed by atoms with Gasteiger partial charge in [0.2, 0.25) is 0 Å². The molecule has 0 fully saturated rings. The number of halogens is 1. The Balaban J connectivity index is 2.36. The van der Waals surface area contributed by atoms with Crippen LogP contribution in [-0.2, 0) is 0 Å². The van der Waals surface area contributed by atoms with E-state index in [0.717, 1.165) is 27.2 Å². The standard InChI is InChI=1S/C14H15BrN2O/c1-9-11(15)4-3-5-13(9)17-14-8-10(18-2)6-7-12(14)16/h3-8,17H,16H2,1-2H3. The zero-order valence-corrected chi connectivity index (χ0v) is 11.9. The van der Waals surface area contributed by atoms with Crippen molar-refractivity contribution >= 4 is 33.0 Å². The lowest BCUT2D eigenvalue weighted by Crippen LogP contribution is -1.98. The van der Waals surface area contributed by atoms with Gasteiger partial charge < -0.3 is 15.8 Å². The van der Waals surface area contributed by atoms with Gasteiger partial charge in [-0.15, -0.1) is 0 Å². The van der Waals surface area contributed by atoms with Crippen LogP contribution in [0.1, 0.15) is 5.56 Å². The van der Waals surface area contributed by atoms with Crippen molar-refractivity contribution in [1.29, 1.82) is 0 Å². The van der Waals surface area contributed by atoms with Gasteiger partial charge in [-0.1, -0.05) is 22.0 Å². The van der Waals surface area contributed by atoms with Crippen LogP contribution < -0.4 is 15.8 Å². The van der Waals surface area contributed by atoms with Crippen LogP contribution in [0.2, 0.25) is 0 Å². The Kier molecular flexibility index (Phi) is 3.77. The van der Waals surface area contributed by atoms with Crippen LogP contribution in [0.15, 0.2) is 40.9 Å². The van der Waals surface area contributed by atoms with Crippen molar-refractivity contribution in [2.24, 2.45) is 0 Å². The summed E-state index contributed by atoms with van der Waals surface area (Å²) in [6.07, 6.45) is 0. The monoisotopic (exact) mass is 306 g/mol. The van der Waals surface area contributed by atoms with Gasteiger partial charge in [0.05, 0.1) is 18.5 Å². The predicted octanol–water partition coefficient (Wildman–Crippen LogP) is 4.09. The molecule has 0 bridgehead atoms. The molecular formula is C14H15BrN2O. The molecule has 0 saturated heterocycles. The Morgan fingerprint density at radius 2 is 1.94 bits per heavy atom. The Labute approximate surface area is 115 Å². The second kappa shape index (κ2) is 5.31. The summed E-state index contributed by atoms with van der Waals surface area (Å²) in [7, 11) is 1.64. The van der Waals surface area contributed by atoms with Crippen LogP contribution in [0.3, 0.4) is 0 Å². The summed E-state index contributed by atoms with van der Waals surface area (Å²) in [5, 5.41) is 3.32. The summed E-state index contributed by atoms with van der Waals surface area (Å²) >= 11 is 3.51. The second-order valence-electron chi connectivity index (χ2n) is 3.99. The lowest BCUT2D eigenvalue weighted by Gasteiger charge is -2.13. The van der Waals surface area contributed by atoms with E-state index in [-0.39, 0.29) is 0 Å². The Hall–Kier alpha value is -1.68. The van der Waals surface area contributed by atoms with E-state index >= 15 is 0 Å². The van der Waals surface area contributed by atoms with Gasteiger partial charge in [-0.3, -0.25) is 0 Å². The molecule has 0 unspecified atom stereocenters. The van der Waals surface area contributed by atoms with Crippen LogP contribution in [0.25, 0.3) is 0 Å². The number of nitrogens with two attached hydrogens (primary N) is 1. The van der Waals surface area contributed by atoms with Gasteiger partial charge in [0.15, 0.2) is 0 Å². The van der Waals surface area contributed by atoms with Gasteiger partial charge in [0, 0.05) is 16.2 Å². The van der Waals surface area contributed by atoms with Crippen molar-refractivity contribution in [3.05, 3.63) is 46.4 Å². The molecule has 0 radical (unpaired) electrons. The lowest BCUT2D eigenvalue weighted by atomic mass is 10.2. The van der Waals surface area contributed by atoms with Crippen molar-refractivity contribution in [1.82, 2.24) is 0 Å². The Morgan fingerprint density at radius 1 is 1.17 bits per heavy atom. The van der Waals surface area contributed by atoms with Gasteiger partial charge in [-0.25, -0.2) is 0 Å². The summed E-state index contributed by atoms with van der Waals surface area (Å²) in [5.41, 5.74) is 9.64. The average Bonchev–Trinajstić information content (AvgIpc) is 2.37. The van der Waals surface area contributed by atoms with Crippen LogP contribution >= 0.6 is 15.9 Å². The molecule has 0 atom stereocenters. The lowest BCUT2D eigenvalue weighted by molar-refractivity contribution is 0.415. The SMILES string of the molecule is COc1ccc(N)c(Nc2cccc(Br)c2C)c1. The molecule has 4 heteroatoms. The van der Waals surface area contributed by atoms with Crippen LogP contribution in [0.4, 0.5) is 17.1 Å². The molecule has 0 aromatic heterocycles. The summed E-state index contributed by atoms with van der Waals surface area (Å²) in [6, 6.07) is 11.6. The molecule has 0 aliphatic rings. The van der Waals surface area contributed by atoms with E-state index in [2.05, 4.69) is 21.2 Å². The zero-order chi connectivity index (χ0) is 13.1. The highest BCUT2D eigenvalue weighted by atomic mass is 79.9. The number of ether oxygens (including phenoxy) is 1. The molecule has 94 valence electrons. The maximum atomic E-state index is 5.95. The molecule has 0 aliphatic carbocycles. The van der Waals surface area contributed by atoms with Crippen LogP contribution in [0.5, 0.6) is 5.75 Å². The molecule has 0 saturated carbocycles. The van der Waals surface area contributed by atoms with Crippen molar-refractivity contribution in [3.8, 4) is 5.75 Å². The fourth-order valence-electron chi connectivity index (χ4n) is 1.66. The normalized spacial score (nSPS) is 10.2. The fraction of sp³-hybridized carbons (Fsp3) is 0.143. The molecule has 3 nitrogen and oxygen atoms in total. The molecule has 3 N–H and O–H groups in total. The van der Waals surface area contributed by atoms with Gasteiger partial charge in [-0.05, 0) is 36.8 Å². The van der Waals surface area contributed by atoms with E-state index in [1.54, 1.807) is 7.11 Å². The van der Waals surface area contributed by atoms with Gasteiger partial charge >= 0.3 is 0 Å². The number of hydrogen-bond donors (Lipinski definition) is 2. The third-order valence-electron chi connectivity index (χ3n) is 2.80. The van der Waals surface area contributed by atoms with E-state index in [1.807, 2.05) is 43.3 Å². The first-order chi connectivity index (χ1) is 8.61. The van der Waals surface area contributed by atoms with E-state index in [0.29, 0.717) is 5.69 Å². The van der Waals surface area contributed by atoms with Crippen LogP contribution in [-0.4, -0.2) is 7.11 Å². The third-order valence-corrected chi connectivity index (χ3v) is 3.66. The highest BCUT2D eigenvalue weighted by Gasteiger charge is 2.05. The number of methoxy groups -OCH3 is 1. The van der Waals surface area contributed by atoms with Crippen molar-refractivity contribution in [3.63, 3.8) is 0 Å². The minimum Gasteiger partial charge on any atom is -0.497 e. The van der Waals surface area contributed by atoms with Crippen molar-refractivity contribution < 1.29 is 4.74 Å². The highest BCUT2D eigenvalue weighted by Crippen LogP contribution is 2.31. The molecule has 2 rings (SSSR count). The molecular weight excluding hydrogens is 292 g/mol. The molecule has 0 amide bonds. The predicted molar refractivity (Wildman–Crippen MR) is 79.6 cm³/mol. The molecule has 0 heterocycles. The first-order valence-corrected chi connectivity index (χ1v) is 6.37. The van der Waals surface area contributed by atoms with E-state index in [4.69, 9.17) is 10.5 Å². The largest absolute Gasteiger partial charge is 0.497 e. The smallest absolute Gasteiger partial charge is 0.121 e. The second-order valence-corrected chi connectivity index (χ2v) is 4.84. The van der Waals surface area contributed by atoms with Gasteiger partial charge in [0.1, 0.15) is 5.75 Å². The van der Waals surface area contributed by atoms with Crippen molar-refractivity contribution in [2.45, 2.75) is 6.92 Å². The minimum absolute atomic E-state index is 0.690. The summed E-state index contributed by atoms with van der Waals surface area (Å²) in [4.78, 5) is 0. The third kappa shape index (κ3) is 2.59. The summed E-state index contributed by atoms with van der Waals surface area (Å²) in [5.74, 6) is 0.777. The molecule has 2 aromatic carbocycles. The molecule has 0 aliphatic heterocycles. The van der Waals surface area contributed by atoms with E-state index in [1.165, 1.54) is 0 Å². The summed E-state index contributed by atoms with van der Waals surface area (Å²) < 4.78 is 6.26. The number of anilines is 3. The van der Waals surface area contributed by atoms with Crippen molar-refractivity contribution in [2.75, 3.05) is 18.2 Å². The number of nitrogen functional groups attached to an aromatic ring is 1. The first-order valence-electron chi connectivity index (χ1n) is 5.57. The number of rotatable bonds is 3. The van der Waals surface area contributed by atoms with E-state index < -0.39 is 0 Å². The van der Waals surface area contributed by atoms with Gasteiger partial charge in [0.25, 0.3) is 0 Å². The maximum Gasteiger partial charge on any atom is 0.121 e. The zero-order valence-electron chi connectivity index (χ0n) is 10.3. The minimum atomic E-state index is 0.690. The Bertz CT molecular complexity index is 570. The first kappa shape index (κ1) is 12.8. The van der Waals surface area contributed by atoms with E-state index in [9.17, 15) is 0 Å². The molecule has 0 spiro atoms. The molecule has 18 heavy (non-hydrogen) atoms. The summed E-state index contributed by atoms with van der Waals surface area (Å²) in [6.45, 7) is 2.04. The number of nitrogens with one attached hydrogen (secondary N) is 1.